The fourth-order valence-electron chi connectivity index (χ4n) is 2.82. The first-order chi connectivity index (χ1) is 12.6. The van der Waals surface area contributed by atoms with Crippen molar-refractivity contribution in [2.45, 2.75) is 38.8 Å². The zero-order valence-corrected chi connectivity index (χ0v) is 15.1. The van der Waals surface area contributed by atoms with Gasteiger partial charge in [-0.05, 0) is 30.9 Å². The third-order valence-corrected chi connectivity index (χ3v) is 4.24. The van der Waals surface area contributed by atoms with Crippen LogP contribution in [0, 0.1) is 0 Å². The topological polar surface area (TPSA) is 69.6 Å². The van der Waals surface area contributed by atoms with Crippen LogP contribution in [0.2, 0.25) is 0 Å². The number of aliphatic carboxylic acids is 1. The number of amides is 2. The van der Waals surface area contributed by atoms with Crippen LogP contribution in [0.15, 0.2) is 60.7 Å². The number of nitrogens with one attached hydrogen (secondary N) is 1. The van der Waals surface area contributed by atoms with Crippen LogP contribution in [0.5, 0.6) is 0 Å². The standard InChI is InChI=1S/C21H26N2O3/c1-2-23(16-18-11-7-4-8-12-18)21(26)22-19(13-14-20(24)25)15-17-9-5-3-6-10-17/h3-12,19H,2,13-16H2,1H3,(H,22,26)(H,24,25). The molecule has 0 radical (unpaired) electrons. The van der Waals surface area contributed by atoms with Gasteiger partial charge in [0.05, 0.1) is 0 Å². The second-order valence-corrected chi connectivity index (χ2v) is 6.27. The first kappa shape index (κ1) is 19.5. The smallest absolute Gasteiger partial charge is 0.317 e. The van der Waals surface area contributed by atoms with Crippen molar-refractivity contribution in [3.8, 4) is 0 Å². The first-order valence-electron chi connectivity index (χ1n) is 8.93. The van der Waals surface area contributed by atoms with Crippen molar-refractivity contribution in [1.82, 2.24) is 10.2 Å². The summed E-state index contributed by atoms with van der Waals surface area (Å²) < 4.78 is 0. The highest BCUT2D eigenvalue weighted by Gasteiger charge is 2.18. The molecule has 1 atom stereocenters. The number of nitrogens with zero attached hydrogens (tertiary/aromatic N) is 1. The van der Waals surface area contributed by atoms with Crippen LogP contribution >= 0.6 is 0 Å². The molecule has 2 aromatic rings. The average Bonchev–Trinajstić information content (AvgIpc) is 2.65. The Bertz CT molecular complexity index is 689. The van der Waals surface area contributed by atoms with Crippen LogP contribution in [-0.4, -0.2) is 34.6 Å². The van der Waals surface area contributed by atoms with E-state index in [9.17, 15) is 9.59 Å². The minimum atomic E-state index is -0.853. The number of hydrogen-bond acceptors (Lipinski definition) is 2. The van der Waals surface area contributed by atoms with E-state index in [0.29, 0.717) is 25.9 Å². The monoisotopic (exact) mass is 354 g/mol. The Balaban J connectivity index is 2.01. The highest BCUT2D eigenvalue weighted by atomic mass is 16.4. The van der Waals surface area contributed by atoms with Crippen molar-refractivity contribution < 1.29 is 14.7 Å². The summed E-state index contributed by atoms with van der Waals surface area (Å²) in [6.07, 6.45) is 1.05. The normalized spacial score (nSPS) is 11.6. The molecule has 2 amide bonds. The summed E-state index contributed by atoms with van der Waals surface area (Å²) in [4.78, 5) is 25.4. The number of carboxylic acids is 1. The van der Waals surface area contributed by atoms with Crippen LogP contribution in [0.4, 0.5) is 4.79 Å². The van der Waals surface area contributed by atoms with Crippen LogP contribution in [0.1, 0.15) is 30.9 Å². The Morgan fingerprint density at radius 2 is 1.58 bits per heavy atom. The van der Waals surface area contributed by atoms with Gasteiger partial charge in [-0.25, -0.2) is 4.79 Å². The number of carboxylic acid groups (broad SMARTS) is 1. The van der Waals surface area contributed by atoms with Gasteiger partial charge in [-0.2, -0.15) is 0 Å². The molecule has 0 spiro atoms. The molecule has 2 rings (SSSR count). The molecule has 26 heavy (non-hydrogen) atoms. The maximum atomic E-state index is 12.7. The zero-order valence-electron chi connectivity index (χ0n) is 15.1. The average molecular weight is 354 g/mol. The number of urea groups is 1. The third-order valence-electron chi connectivity index (χ3n) is 4.24. The van der Waals surface area contributed by atoms with Crippen LogP contribution in [-0.2, 0) is 17.8 Å². The minimum Gasteiger partial charge on any atom is -0.481 e. The molecule has 1 unspecified atom stereocenters. The molecule has 2 N–H and O–H groups in total. The van der Waals surface area contributed by atoms with Crippen molar-refractivity contribution in [1.29, 1.82) is 0 Å². The highest BCUT2D eigenvalue weighted by Crippen LogP contribution is 2.10. The summed E-state index contributed by atoms with van der Waals surface area (Å²) in [5, 5.41) is 12.0. The lowest BCUT2D eigenvalue weighted by Gasteiger charge is -2.26. The van der Waals surface area contributed by atoms with Crippen LogP contribution < -0.4 is 5.32 Å². The molecular weight excluding hydrogens is 328 g/mol. The summed E-state index contributed by atoms with van der Waals surface area (Å²) in [7, 11) is 0. The maximum absolute atomic E-state index is 12.7. The summed E-state index contributed by atoms with van der Waals surface area (Å²) in [5.74, 6) is -0.853. The lowest BCUT2D eigenvalue weighted by molar-refractivity contribution is -0.137. The van der Waals surface area contributed by atoms with Gasteiger partial charge in [0, 0.05) is 25.6 Å². The second kappa shape index (κ2) is 10.2. The van der Waals surface area contributed by atoms with Crippen LogP contribution in [0.3, 0.4) is 0 Å². The van der Waals surface area contributed by atoms with E-state index in [1.54, 1.807) is 4.90 Å². The van der Waals surface area contributed by atoms with Gasteiger partial charge in [-0.3, -0.25) is 4.79 Å². The van der Waals surface area contributed by atoms with Crippen molar-refractivity contribution in [2.75, 3.05) is 6.54 Å². The predicted molar refractivity (Wildman–Crippen MR) is 102 cm³/mol. The molecule has 0 aliphatic rings. The van der Waals surface area contributed by atoms with Gasteiger partial charge in [-0.15, -0.1) is 0 Å². The van der Waals surface area contributed by atoms with E-state index in [2.05, 4.69) is 5.32 Å². The summed E-state index contributed by atoms with van der Waals surface area (Å²) in [6, 6.07) is 19.2. The Morgan fingerprint density at radius 3 is 2.12 bits per heavy atom. The summed E-state index contributed by atoms with van der Waals surface area (Å²) in [5.41, 5.74) is 2.14. The molecule has 0 fully saturated rings. The second-order valence-electron chi connectivity index (χ2n) is 6.27. The highest BCUT2D eigenvalue weighted by molar-refractivity contribution is 5.74. The van der Waals surface area contributed by atoms with E-state index < -0.39 is 5.97 Å². The first-order valence-corrected chi connectivity index (χ1v) is 8.93. The number of rotatable bonds is 9. The van der Waals surface area contributed by atoms with Crippen molar-refractivity contribution >= 4 is 12.0 Å². The molecular formula is C21H26N2O3. The lowest BCUT2D eigenvalue weighted by atomic mass is 10.0. The van der Waals surface area contributed by atoms with Gasteiger partial charge >= 0.3 is 12.0 Å². The molecule has 2 aromatic carbocycles. The molecule has 0 aliphatic heterocycles. The Labute approximate surface area is 154 Å². The molecule has 5 heteroatoms. The molecule has 0 aromatic heterocycles. The largest absolute Gasteiger partial charge is 0.481 e. The van der Waals surface area contributed by atoms with Gasteiger partial charge in [0.25, 0.3) is 0 Å². The van der Waals surface area contributed by atoms with Crippen molar-refractivity contribution in [2.24, 2.45) is 0 Å². The zero-order chi connectivity index (χ0) is 18.8. The maximum Gasteiger partial charge on any atom is 0.317 e. The fourth-order valence-corrected chi connectivity index (χ4v) is 2.82. The van der Waals surface area contributed by atoms with Gasteiger partial charge in [0.1, 0.15) is 0 Å². The van der Waals surface area contributed by atoms with Gasteiger partial charge in [-0.1, -0.05) is 60.7 Å². The molecule has 138 valence electrons. The molecule has 0 saturated carbocycles. The van der Waals surface area contributed by atoms with Gasteiger partial charge in [0.15, 0.2) is 0 Å². The summed E-state index contributed by atoms with van der Waals surface area (Å²) >= 11 is 0. The Kier molecular flexibility index (Phi) is 7.68. The number of hydrogen-bond donors (Lipinski definition) is 2. The Morgan fingerprint density at radius 1 is 1.00 bits per heavy atom. The fraction of sp³-hybridized carbons (Fsp3) is 0.333. The van der Waals surface area contributed by atoms with Crippen LogP contribution in [0.25, 0.3) is 0 Å². The van der Waals surface area contributed by atoms with E-state index in [0.717, 1.165) is 11.1 Å². The van der Waals surface area contributed by atoms with Gasteiger partial charge < -0.3 is 15.3 Å². The predicted octanol–water partition coefficient (Wildman–Crippen LogP) is 3.69. The lowest BCUT2D eigenvalue weighted by Crippen LogP contribution is -2.45. The van der Waals surface area contributed by atoms with E-state index in [-0.39, 0.29) is 18.5 Å². The minimum absolute atomic E-state index is 0.0303. The van der Waals surface area contributed by atoms with E-state index >= 15 is 0 Å². The van der Waals surface area contributed by atoms with Gasteiger partial charge in [0.2, 0.25) is 0 Å². The molecule has 0 aliphatic carbocycles. The molecule has 0 saturated heterocycles. The molecule has 0 bridgehead atoms. The van der Waals surface area contributed by atoms with E-state index in [1.165, 1.54) is 0 Å². The van der Waals surface area contributed by atoms with E-state index in [4.69, 9.17) is 5.11 Å². The van der Waals surface area contributed by atoms with Crippen molar-refractivity contribution in [3.05, 3.63) is 71.8 Å². The van der Waals surface area contributed by atoms with E-state index in [1.807, 2.05) is 67.6 Å². The van der Waals surface area contributed by atoms with Crippen molar-refractivity contribution in [3.63, 3.8) is 0 Å². The number of carbonyl (C=O) groups is 2. The quantitative estimate of drug-likeness (QED) is 0.721. The molecule has 0 heterocycles. The summed E-state index contributed by atoms with van der Waals surface area (Å²) in [6.45, 7) is 3.05. The Hall–Kier alpha value is -2.82. The number of carbonyl (C=O) groups excluding carboxylic acids is 1. The number of benzene rings is 2. The SMILES string of the molecule is CCN(Cc1ccccc1)C(=O)NC(CCC(=O)O)Cc1ccccc1. The third kappa shape index (κ3) is 6.59. The molecule has 5 nitrogen and oxygen atoms in total.